The number of nitrogens with one attached hydrogen (secondary N) is 2. The van der Waals surface area contributed by atoms with Crippen LogP contribution in [0.3, 0.4) is 0 Å². The summed E-state index contributed by atoms with van der Waals surface area (Å²) >= 11 is 3.32. The van der Waals surface area contributed by atoms with Gasteiger partial charge in [0.25, 0.3) is 5.91 Å². The molecule has 0 spiro atoms. The molecule has 2 aromatic carbocycles. The molecular weight excluding hydrogens is 394 g/mol. The second kappa shape index (κ2) is 8.76. The molecule has 0 saturated carbocycles. The molecule has 26 heavy (non-hydrogen) atoms. The molecular formula is C20H22BrN3O2. The zero-order valence-electron chi connectivity index (χ0n) is 15.3. The summed E-state index contributed by atoms with van der Waals surface area (Å²) in [7, 11) is 0. The molecule has 0 radical (unpaired) electrons. The fraction of sp³-hybridized carbons (Fsp3) is 0.250. The number of amides is 2. The number of hydrazone groups is 1. The first kappa shape index (κ1) is 19.8. The van der Waals surface area contributed by atoms with Crippen LogP contribution in [0.15, 0.2) is 46.0 Å². The number of aryl methyl sites for hydroxylation is 3. The van der Waals surface area contributed by atoms with Crippen molar-refractivity contribution in [3.8, 4) is 0 Å². The van der Waals surface area contributed by atoms with Crippen LogP contribution < -0.4 is 10.7 Å². The van der Waals surface area contributed by atoms with Gasteiger partial charge < -0.3 is 5.32 Å². The normalized spacial score (nSPS) is 11.2. The van der Waals surface area contributed by atoms with Gasteiger partial charge in [-0.15, -0.1) is 0 Å². The quantitative estimate of drug-likeness (QED) is 0.556. The summed E-state index contributed by atoms with van der Waals surface area (Å²) in [5.41, 5.74) is 7.51. The van der Waals surface area contributed by atoms with Crippen molar-refractivity contribution in [3.05, 3.63) is 63.1 Å². The molecule has 0 aliphatic rings. The highest BCUT2D eigenvalue weighted by atomic mass is 79.9. The Bertz CT molecular complexity index is 852. The zero-order valence-corrected chi connectivity index (χ0v) is 16.9. The summed E-state index contributed by atoms with van der Waals surface area (Å²) in [4.78, 5) is 24.3. The number of rotatable bonds is 5. The molecule has 0 aliphatic carbocycles. The summed E-state index contributed by atoms with van der Waals surface area (Å²) in [6.07, 6.45) is 0.103. The third-order valence-corrected chi connectivity index (χ3v) is 4.29. The smallest absolute Gasteiger partial charge is 0.271 e. The number of carbonyl (C=O) groups is 2. The number of hydrogen-bond donors (Lipinski definition) is 2. The molecule has 5 nitrogen and oxygen atoms in total. The lowest BCUT2D eigenvalue weighted by molar-refractivity contribution is -0.115. The largest absolute Gasteiger partial charge is 0.325 e. The molecule has 0 heterocycles. The fourth-order valence-electron chi connectivity index (χ4n) is 2.67. The van der Waals surface area contributed by atoms with Crippen molar-refractivity contribution < 1.29 is 9.59 Å². The second-order valence-corrected chi connectivity index (χ2v) is 7.21. The van der Waals surface area contributed by atoms with E-state index in [0.29, 0.717) is 11.3 Å². The van der Waals surface area contributed by atoms with Crippen LogP contribution in [0.2, 0.25) is 0 Å². The summed E-state index contributed by atoms with van der Waals surface area (Å²) in [5, 5.41) is 6.94. The van der Waals surface area contributed by atoms with E-state index in [2.05, 4.69) is 31.8 Å². The minimum absolute atomic E-state index is 0.103. The molecule has 0 aliphatic heterocycles. The van der Waals surface area contributed by atoms with Crippen LogP contribution in [-0.4, -0.2) is 17.5 Å². The van der Waals surface area contributed by atoms with Crippen LogP contribution >= 0.6 is 15.9 Å². The van der Waals surface area contributed by atoms with Gasteiger partial charge in [-0.25, -0.2) is 5.43 Å². The van der Waals surface area contributed by atoms with E-state index in [-0.39, 0.29) is 18.2 Å². The molecule has 0 saturated heterocycles. The summed E-state index contributed by atoms with van der Waals surface area (Å²) in [6.45, 7) is 7.66. The van der Waals surface area contributed by atoms with E-state index in [1.165, 1.54) is 0 Å². The van der Waals surface area contributed by atoms with Crippen LogP contribution in [0.4, 0.5) is 5.69 Å². The number of benzene rings is 2. The lowest BCUT2D eigenvalue weighted by Gasteiger charge is -2.12. The van der Waals surface area contributed by atoms with E-state index < -0.39 is 0 Å². The van der Waals surface area contributed by atoms with E-state index >= 15 is 0 Å². The molecule has 0 bridgehead atoms. The molecule has 0 aromatic heterocycles. The van der Waals surface area contributed by atoms with Gasteiger partial charge in [-0.2, -0.15) is 5.10 Å². The predicted octanol–water partition coefficient (Wildman–Crippen LogP) is 4.51. The van der Waals surface area contributed by atoms with Crippen molar-refractivity contribution in [1.29, 1.82) is 0 Å². The molecule has 6 heteroatoms. The minimum Gasteiger partial charge on any atom is -0.325 e. The Balaban J connectivity index is 1.96. The maximum atomic E-state index is 12.3. The van der Waals surface area contributed by atoms with Gasteiger partial charge in [0.15, 0.2) is 0 Å². The number of nitrogens with zero attached hydrogens (tertiary/aromatic N) is 1. The number of halogens is 1. The number of hydrogen-bond acceptors (Lipinski definition) is 3. The highest BCUT2D eigenvalue weighted by molar-refractivity contribution is 9.10. The summed E-state index contributed by atoms with van der Waals surface area (Å²) in [6, 6.07) is 11.1. The minimum atomic E-state index is -0.323. The van der Waals surface area contributed by atoms with Crippen molar-refractivity contribution >= 4 is 39.1 Å². The van der Waals surface area contributed by atoms with E-state index in [4.69, 9.17) is 0 Å². The second-order valence-electron chi connectivity index (χ2n) is 6.30. The van der Waals surface area contributed by atoms with Gasteiger partial charge in [-0.3, -0.25) is 9.59 Å². The molecule has 136 valence electrons. The third-order valence-electron chi connectivity index (χ3n) is 3.79. The first-order valence-electron chi connectivity index (χ1n) is 8.23. The van der Waals surface area contributed by atoms with Crippen molar-refractivity contribution in [2.24, 2.45) is 5.10 Å². The molecule has 2 N–H and O–H groups in total. The molecule has 0 atom stereocenters. The Labute approximate surface area is 162 Å². The van der Waals surface area contributed by atoms with Gasteiger partial charge in [0.05, 0.1) is 6.42 Å². The molecule has 2 aromatic rings. The van der Waals surface area contributed by atoms with Crippen LogP contribution in [0.5, 0.6) is 0 Å². The standard InChI is InChI=1S/C20H22BrN3O2/c1-12-8-13(2)19(14(3)9-12)22-18(25)10-15(4)23-24-20(26)16-6-5-7-17(21)11-16/h5-9,11H,10H2,1-4H3,(H,22,25)(H,24,26)/b23-15+. The topological polar surface area (TPSA) is 70.6 Å². The fourth-order valence-corrected chi connectivity index (χ4v) is 3.07. The van der Waals surface area contributed by atoms with Crippen molar-refractivity contribution in [3.63, 3.8) is 0 Å². The van der Waals surface area contributed by atoms with Crippen molar-refractivity contribution in [1.82, 2.24) is 5.43 Å². The van der Waals surface area contributed by atoms with E-state index in [1.54, 1.807) is 25.1 Å². The Kier molecular flexibility index (Phi) is 6.69. The van der Waals surface area contributed by atoms with E-state index in [1.807, 2.05) is 39.0 Å². The van der Waals surface area contributed by atoms with E-state index in [9.17, 15) is 9.59 Å². The molecule has 2 rings (SSSR count). The Morgan fingerprint density at radius 2 is 1.73 bits per heavy atom. The maximum absolute atomic E-state index is 12.3. The average molecular weight is 416 g/mol. The van der Waals surface area contributed by atoms with Gasteiger partial charge in [-0.1, -0.05) is 39.7 Å². The number of anilines is 1. The molecule has 0 unspecified atom stereocenters. The predicted molar refractivity (Wildman–Crippen MR) is 109 cm³/mol. The Morgan fingerprint density at radius 1 is 1.08 bits per heavy atom. The van der Waals surface area contributed by atoms with Crippen molar-refractivity contribution in [2.75, 3.05) is 5.32 Å². The van der Waals surface area contributed by atoms with Gasteiger partial charge >= 0.3 is 0 Å². The Morgan fingerprint density at radius 3 is 2.35 bits per heavy atom. The van der Waals surface area contributed by atoms with E-state index in [0.717, 1.165) is 26.9 Å². The lowest BCUT2D eigenvalue weighted by Crippen LogP contribution is -2.22. The summed E-state index contributed by atoms with van der Waals surface area (Å²) < 4.78 is 0.814. The molecule has 0 fully saturated rings. The van der Waals surface area contributed by atoms with Crippen LogP contribution in [-0.2, 0) is 4.79 Å². The lowest BCUT2D eigenvalue weighted by atomic mass is 10.0. The monoisotopic (exact) mass is 415 g/mol. The van der Waals surface area contributed by atoms with Gasteiger partial charge in [0.1, 0.15) is 0 Å². The summed E-state index contributed by atoms with van der Waals surface area (Å²) in [5.74, 6) is -0.491. The number of carbonyl (C=O) groups excluding carboxylic acids is 2. The van der Waals surface area contributed by atoms with Crippen LogP contribution in [0, 0.1) is 20.8 Å². The van der Waals surface area contributed by atoms with Gasteiger partial charge in [0, 0.05) is 21.4 Å². The maximum Gasteiger partial charge on any atom is 0.271 e. The SMILES string of the molecule is C/C(CC(=O)Nc1c(C)cc(C)cc1C)=N\NC(=O)c1cccc(Br)c1. The Hall–Kier alpha value is -2.47. The highest BCUT2D eigenvalue weighted by Gasteiger charge is 2.10. The first-order valence-corrected chi connectivity index (χ1v) is 9.02. The zero-order chi connectivity index (χ0) is 19.3. The average Bonchev–Trinajstić information content (AvgIpc) is 2.56. The highest BCUT2D eigenvalue weighted by Crippen LogP contribution is 2.22. The molecule has 2 amide bonds. The van der Waals surface area contributed by atoms with Crippen LogP contribution in [0.1, 0.15) is 40.4 Å². The third kappa shape index (κ3) is 5.52. The van der Waals surface area contributed by atoms with Crippen molar-refractivity contribution in [2.45, 2.75) is 34.1 Å². The van der Waals surface area contributed by atoms with Gasteiger partial charge in [-0.05, 0) is 57.0 Å². The first-order chi connectivity index (χ1) is 12.3. The van der Waals surface area contributed by atoms with Crippen LogP contribution in [0.25, 0.3) is 0 Å². The van der Waals surface area contributed by atoms with Gasteiger partial charge in [0.2, 0.25) is 5.91 Å².